The first-order valence-electron chi connectivity index (χ1n) is 9.53. The van der Waals surface area contributed by atoms with Gasteiger partial charge < -0.3 is 15.5 Å². The van der Waals surface area contributed by atoms with E-state index < -0.39 is 0 Å². The van der Waals surface area contributed by atoms with Crippen LogP contribution in [0.5, 0.6) is 0 Å². The molecule has 0 aliphatic carbocycles. The Morgan fingerprint density at radius 3 is 2.79 bits per heavy atom. The molecule has 0 atom stereocenters. The molecule has 0 unspecified atom stereocenters. The van der Waals surface area contributed by atoms with Crippen LogP contribution in [0.3, 0.4) is 0 Å². The second kappa shape index (κ2) is 8.21. The Morgan fingerprint density at radius 1 is 1.17 bits per heavy atom. The third-order valence-electron chi connectivity index (χ3n) is 5.13. The van der Waals surface area contributed by atoms with Gasteiger partial charge in [-0.1, -0.05) is 12.1 Å². The SMILES string of the molecule is CNC(=O)c1cccc(CNC(=O)C2CCN(c3ccc4nnnn4n3)CC2)c1. The summed E-state index contributed by atoms with van der Waals surface area (Å²) in [6, 6.07) is 11.0. The van der Waals surface area contributed by atoms with Gasteiger partial charge in [-0.25, -0.2) is 0 Å². The molecule has 0 spiro atoms. The van der Waals surface area contributed by atoms with E-state index in [0.717, 1.165) is 37.3 Å². The molecule has 0 saturated carbocycles. The van der Waals surface area contributed by atoms with Crippen LogP contribution in [0.1, 0.15) is 28.8 Å². The van der Waals surface area contributed by atoms with Crippen molar-refractivity contribution in [2.75, 3.05) is 25.0 Å². The molecule has 3 heterocycles. The van der Waals surface area contributed by atoms with Gasteiger partial charge in [0, 0.05) is 38.2 Å². The number of piperidine rings is 1. The van der Waals surface area contributed by atoms with Crippen molar-refractivity contribution in [1.29, 1.82) is 0 Å². The summed E-state index contributed by atoms with van der Waals surface area (Å²) in [5.74, 6) is 0.665. The molecule has 2 N–H and O–H groups in total. The van der Waals surface area contributed by atoms with Crippen molar-refractivity contribution < 1.29 is 9.59 Å². The Morgan fingerprint density at radius 2 is 2.00 bits per heavy atom. The van der Waals surface area contributed by atoms with Crippen LogP contribution in [0.15, 0.2) is 36.4 Å². The monoisotopic (exact) mass is 394 g/mol. The van der Waals surface area contributed by atoms with E-state index in [0.29, 0.717) is 17.8 Å². The molecule has 150 valence electrons. The number of fused-ring (bicyclic) bond motifs is 1. The summed E-state index contributed by atoms with van der Waals surface area (Å²) in [5.41, 5.74) is 2.08. The van der Waals surface area contributed by atoms with E-state index in [1.54, 1.807) is 19.2 Å². The third-order valence-corrected chi connectivity index (χ3v) is 5.13. The Balaban J connectivity index is 1.30. The predicted octanol–water partition coefficient (Wildman–Crippen LogP) is 0.412. The number of aromatic nitrogens is 5. The van der Waals surface area contributed by atoms with E-state index in [9.17, 15) is 9.59 Å². The summed E-state index contributed by atoms with van der Waals surface area (Å²) in [7, 11) is 1.60. The minimum absolute atomic E-state index is 0.0369. The number of nitrogens with one attached hydrogen (secondary N) is 2. The Hall–Kier alpha value is -3.56. The smallest absolute Gasteiger partial charge is 0.251 e. The standard InChI is InChI=1S/C19H22N8O2/c1-20-18(28)15-4-2-3-13(11-15)12-21-19(29)14-7-9-26(10-8-14)17-6-5-16-22-24-25-27(16)23-17/h2-6,11,14H,7-10,12H2,1H3,(H,20,28)(H,21,29). The van der Waals surface area contributed by atoms with Gasteiger partial charge in [0.05, 0.1) is 0 Å². The molecule has 29 heavy (non-hydrogen) atoms. The van der Waals surface area contributed by atoms with E-state index in [4.69, 9.17) is 0 Å². The molecule has 10 nitrogen and oxygen atoms in total. The third kappa shape index (κ3) is 4.15. The summed E-state index contributed by atoms with van der Waals surface area (Å²) in [4.78, 5) is 26.4. The number of tetrazole rings is 1. The summed E-state index contributed by atoms with van der Waals surface area (Å²) < 4.78 is 1.40. The molecule has 1 aliphatic rings. The highest BCUT2D eigenvalue weighted by molar-refractivity contribution is 5.94. The van der Waals surface area contributed by atoms with Crippen molar-refractivity contribution >= 4 is 23.3 Å². The van der Waals surface area contributed by atoms with E-state index in [-0.39, 0.29) is 17.7 Å². The van der Waals surface area contributed by atoms with Gasteiger partial charge in [0.2, 0.25) is 5.91 Å². The number of nitrogens with zero attached hydrogens (tertiary/aromatic N) is 6. The largest absolute Gasteiger partial charge is 0.355 e. The molecule has 1 aliphatic heterocycles. The second-order valence-corrected chi connectivity index (χ2v) is 6.98. The van der Waals surface area contributed by atoms with Crippen molar-refractivity contribution in [3.63, 3.8) is 0 Å². The van der Waals surface area contributed by atoms with Crippen molar-refractivity contribution in [2.24, 2.45) is 5.92 Å². The molecular formula is C19H22N8O2. The van der Waals surface area contributed by atoms with Gasteiger partial charge in [-0.05, 0) is 53.1 Å². The van der Waals surface area contributed by atoms with E-state index in [2.05, 4.69) is 36.2 Å². The zero-order chi connectivity index (χ0) is 20.2. The molecule has 0 bridgehead atoms. The molecule has 1 aromatic carbocycles. The summed E-state index contributed by atoms with van der Waals surface area (Å²) in [5, 5.41) is 21.3. The molecule has 4 rings (SSSR count). The van der Waals surface area contributed by atoms with Crippen molar-refractivity contribution in [2.45, 2.75) is 19.4 Å². The molecule has 3 aromatic rings. The number of hydrogen-bond acceptors (Lipinski definition) is 7. The number of carbonyl (C=O) groups is 2. The van der Waals surface area contributed by atoms with E-state index in [1.807, 2.05) is 24.3 Å². The normalized spacial score (nSPS) is 14.7. The van der Waals surface area contributed by atoms with Gasteiger partial charge >= 0.3 is 0 Å². The number of benzene rings is 1. The van der Waals surface area contributed by atoms with Crippen LogP contribution in [0.25, 0.3) is 5.65 Å². The maximum absolute atomic E-state index is 12.6. The van der Waals surface area contributed by atoms with Crippen molar-refractivity contribution in [3.8, 4) is 0 Å². The highest BCUT2D eigenvalue weighted by Crippen LogP contribution is 2.22. The van der Waals surface area contributed by atoms with Gasteiger partial charge in [-0.3, -0.25) is 9.59 Å². The Labute approximate surface area is 167 Å². The van der Waals surface area contributed by atoms with Gasteiger partial charge in [-0.15, -0.1) is 14.8 Å². The van der Waals surface area contributed by atoms with Gasteiger partial charge in [-0.2, -0.15) is 0 Å². The lowest BCUT2D eigenvalue weighted by molar-refractivity contribution is -0.125. The average molecular weight is 394 g/mol. The lowest BCUT2D eigenvalue weighted by atomic mass is 9.96. The summed E-state index contributed by atoms with van der Waals surface area (Å²) in [6.45, 7) is 1.89. The first-order valence-corrected chi connectivity index (χ1v) is 9.53. The van der Waals surface area contributed by atoms with E-state index in [1.165, 1.54) is 4.63 Å². The molecule has 2 aromatic heterocycles. The molecule has 1 saturated heterocycles. The van der Waals surface area contributed by atoms with E-state index >= 15 is 0 Å². The van der Waals surface area contributed by atoms with Crippen LogP contribution in [0.4, 0.5) is 5.82 Å². The van der Waals surface area contributed by atoms with Crippen LogP contribution in [0, 0.1) is 5.92 Å². The summed E-state index contributed by atoms with van der Waals surface area (Å²) in [6.07, 6.45) is 1.50. The van der Waals surface area contributed by atoms with Crippen LogP contribution < -0.4 is 15.5 Å². The topological polar surface area (TPSA) is 117 Å². The molecule has 1 fully saturated rings. The number of rotatable bonds is 5. The lowest BCUT2D eigenvalue weighted by Gasteiger charge is -2.31. The average Bonchev–Trinajstić information content (AvgIpc) is 3.25. The van der Waals surface area contributed by atoms with Gasteiger partial charge in [0.15, 0.2) is 11.5 Å². The number of amides is 2. The maximum atomic E-state index is 12.6. The quantitative estimate of drug-likeness (QED) is 0.644. The molecular weight excluding hydrogens is 372 g/mol. The minimum Gasteiger partial charge on any atom is -0.355 e. The first-order chi connectivity index (χ1) is 14.1. The van der Waals surface area contributed by atoms with Crippen LogP contribution >= 0.6 is 0 Å². The number of anilines is 1. The number of carbonyl (C=O) groups excluding carboxylic acids is 2. The van der Waals surface area contributed by atoms with Crippen LogP contribution in [0.2, 0.25) is 0 Å². The Kier molecular flexibility index (Phi) is 5.32. The maximum Gasteiger partial charge on any atom is 0.251 e. The van der Waals surface area contributed by atoms with Gasteiger partial charge in [0.1, 0.15) is 0 Å². The minimum atomic E-state index is -0.140. The highest BCUT2D eigenvalue weighted by Gasteiger charge is 2.25. The molecule has 2 amide bonds. The fraction of sp³-hybridized carbons (Fsp3) is 0.368. The van der Waals surface area contributed by atoms with Crippen LogP contribution in [-0.2, 0) is 11.3 Å². The molecule has 10 heteroatoms. The van der Waals surface area contributed by atoms with Gasteiger partial charge in [0.25, 0.3) is 5.91 Å². The second-order valence-electron chi connectivity index (χ2n) is 6.98. The lowest BCUT2D eigenvalue weighted by Crippen LogP contribution is -2.40. The van der Waals surface area contributed by atoms with Crippen molar-refractivity contribution in [3.05, 3.63) is 47.5 Å². The molecule has 0 radical (unpaired) electrons. The van der Waals surface area contributed by atoms with Crippen LogP contribution in [-0.4, -0.2) is 57.2 Å². The summed E-state index contributed by atoms with van der Waals surface area (Å²) >= 11 is 0. The first kappa shape index (κ1) is 18.8. The predicted molar refractivity (Wildman–Crippen MR) is 105 cm³/mol. The number of hydrogen-bond donors (Lipinski definition) is 2. The fourth-order valence-corrected chi connectivity index (χ4v) is 3.48. The van der Waals surface area contributed by atoms with Crippen molar-refractivity contribution in [1.82, 2.24) is 35.9 Å². The fourth-order valence-electron chi connectivity index (χ4n) is 3.48. The zero-order valence-electron chi connectivity index (χ0n) is 16.1. The zero-order valence-corrected chi connectivity index (χ0v) is 16.1. The Bertz CT molecular complexity index is 1030. The highest BCUT2D eigenvalue weighted by atomic mass is 16.2.